The first kappa shape index (κ1) is 16.2. The molecule has 2 aromatic rings. The van der Waals surface area contributed by atoms with Crippen molar-refractivity contribution in [3.63, 3.8) is 0 Å². The fraction of sp³-hybridized carbons (Fsp3) is 0.222. The van der Waals surface area contributed by atoms with E-state index in [4.69, 9.17) is 11.6 Å². The van der Waals surface area contributed by atoms with Gasteiger partial charge in [-0.05, 0) is 35.2 Å². The summed E-state index contributed by atoms with van der Waals surface area (Å²) in [5, 5.41) is 3.18. The van der Waals surface area contributed by atoms with Gasteiger partial charge in [0.1, 0.15) is 5.15 Å². The Hall–Kier alpha value is -2.13. The highest BCUT2D eigenvalue weighted by molar-refractivity contribution is 6.29. The minimum absolute atomic E-state index is 0.137. The van der Waals surface area contributed by atoms with Gasteiger partial charge in [0.15, 0.2) is 0 Å². The van der Waals surface area contributed by atoms with Gasteiger partial charge in [0.25, 0.3) is 5.91 Å². The minimum Gasteiger partial charge on any atom is -0.321 e. The van der Waals surface area contributed by atoms with Crippen molar-refractivity contribution in [1.82, 2.24) is 4.98 Å². The highest BCUT2D eigenvalue weighted by atomic mass is 35.5. The van der Waals surface area contributed by atoms with E-state index in [0.29, 0.717) is 16.4 Å². The second-order valence-electron chi connectivity index (χ2n) is 6.15. The number of nitrogens with zero attached hydrogens (tertiary/aromatic N) is 1. The van der Waals surface area contributed by atoms with Gasteiger partial charge in [0.2, 0.25) is 0 Å². The lowest BCUT2D eigenvalue weighted by molar-refractivity contribution is 0.102. The number of allylic oxidation sites excluding steroid dienone is 1. The van der Waals surface area contributed by atoms with Gasteiger partial charge in [0.05, 0.1) is 11.9 Å². The number of carbonyl (C=O) groups excluding carboxylic acids is 1. The first-order valence-corrected chi connectivity index (χ1v) is 7.43. The van der Waals surface area contributed by atoms with Crippen LogP contribution in [0.2, 0.25) is 5.15 Å². The van der Waals surface area contributed by atoms with Crippen molar-refractivity contribution in [2.24, 2.45) is 5.41 Å². The van der Waals surface area contributed by atoms with E-state index in [1.807, 2.05) is 12.1 Å². The van der Waals surface area contributed by atoms with Crippen molar-refractivity contribution in [1.29, 1.82) is 0 Å². The molecule has 22 heavy (non-hydrogen) atoms. The Kier molecular flexibility index (Phi) is 4.99. The predicted octanol–water partition coefficient (Wildman–Crippen LogP) is 5.05. The Morgan fingerprint density at radius 2 is 1.82 bits per heavy atom. The molecular formula is C18H19ClN2O. The minimum atomic E-state index is -0.171. The van der Waals surface area contributed by atoms with Crippen LogP contribution >= 0.6 is 11.6 Å². The number of rotatable bonds is 3. The van der Waals surface area contributed by atoms with Crippen LogP contribution in [-0.2, 0) is 0 Å². The first-order valence-electron chi connectivity index (χ1n) is 7.06. The van der Waals surface area contributed by atoms with Gasteiger partial charge in [0, 0.05) is 5.56 Å². The van der Waals surface area contributed by atoms with E-state index in [1.165, 1.54) is 6.20 Å². The summed E-state index contributed by atoms with van der Waals surface area (Å²) in [6.45, 7) is 6.43. The molecule has 0 aliphatic carbocycles. The molecule has 0 spiro atoms. The number of aromatic nitrogens is 1. The number of amides is 1. The van der Waals surface area contributed by atoms with Gasteiger partial charge in [-0.3, -0.25) is 4.79 Å². The van der Waals surface area contributed by atoms with Crippen LogP contribution in [0.4, 0.5) is 5.69 Å². The molecule has 0 bridgehead atoms. The van der Waals surface area contributed by atoms with Crippen molar-refractivity contribution in [2.45, 2.75) is 20.8 Å². The molecule has 1 N–H and O–H groups in total. The van der Waals surface area contributed by atoms with Crippen LogP contribution in [0.1, 0.15) is 36.7 Å². The number of nitrogens with one attached hydrogen (secondary N) is 1. The molecule has 0 aliphatic rings. The third-order valence-electron chi connectivity index (χ3n) is 2.93. The average Bonchev–Trinajstić information content (AvgIpc) is 2.47. The van der Waals surface area contributed by atoms with Crippen LogP contribution < -0.4 is 5.32 Å². The maximum Gasteiger partial charge on any atom is 0.255 e. The summed E-state index contributed by atoms with van der Waals surface area (Å²) in [5.41, 5.74) is 2.42. The van der Waals surface area contributed by atoms with Gasteiger partial charge in [-0.1, -0.05) is 56.7 Å². The highest BCUT2D eigenvalue weighted by Crippen LogP contribution is 2.18. The van der Waals surface area contributed by atoms with Crippen LogP contribution in [-0.4, -0.2) is 10.9 Å². The topological polar surface area (TPSA) is 42.0 Å². The Labute approximate surface area is 136 Å². The molecule has 4 heteroatoms. The lowest BCUT2D eigenvalue weighted by Gasteiger charge is -2.11. The molecule has 0 saturated heterocycles. The van der Waals surface area contributed by atoms with E-state index in [2.05, 4.69) is 43.2 Å². The van der Waals surface area contributed by atoms with E-state index >= 15 is 0 Å². The third-order valence-corrected chi connectivity index (χ3v) is 3.16. The quantitative estimate of drug-likeness (QED) is 0.806. The SMILES string of the molecule is CC(C)(C)C=Cc1ccc(C(=O)Nc2ccc(Cl)nc2)cc1. The molecule has 114 valence electrons. The lowest BCUT2D eigenvalue weighted by atomic mass is 9.95. The van der Waals surface area contributed by atoms with E-state index < -0.39 is 0 Å². The second kappa shape index (κ2) is 6.75. The fourth-order valence-corrected chi connectivity index (χ4v) is 1.86. The molecule has 0 atom stereocenters. The summed E-state index contributed by atoms with van der Waals surface area (Å²) in [7, 11) is 0. The zero-order valence-corrected chi connectivity index (χ0v) is 13.7. The van der Waals surface area contributed by atoms with Gasteiger partial charge in [-0.25, -0.2) is 4.98 Å². The Balaban J connectivity index is 2.05. The molecule has 0 radical (unpaired) electrons. The van der Waals surface area contributed by atoms with Crippen molar-refractivity contribution in [3.8, 4) is 0 Å². The number of benzene rings is 1. The van der Waals surface area contributed by atoms with Gasteiger partial charge in [-0.15, -0.1) is 0 Å². The number of carbonyl (C=O) groups is 1. The molecule has 1 aromatic heterocycles. The normalized spacial score (nSPS) is 11.6. The van der Waals surface area contributed by atoms with Crippen LogP contribution in [0, 0.1) is 5.41 Å². The van der Waals surface area contributed by atoms with Crippen LogP contribution in [0.15, 0.2) is 48.7 Å². The molecule has 1 aromatic carbocycles. The molecule has 0 aliphatic heterocycles. The van der Waals surface area contributed by atoms with Gasteiger partial charge < -0.3 is 5.32 Å². The monoisotopic (exact) mass is 314 g/mol. The van der Waals surface area contributed by atoms with E-state index in [-0.39, 0.29) is 11.3 Å². The number of hydrogen-bond donors (Lipinski definition) is 1. The van der Waals surface area contributed by atoms with Gasteiger partial charge >= 0.3 is 0 Å². The maximum absolute atomic E-state index is 12.1. The largest absolute Gasteiger partial charge is 0.321 e. The molecule has 0 saturated carbocycles. The number of pyridine rings is 1. The lowest BCUT2D eigenvalue weighted by Crippen LogP contribution is -2.11. The molecule has 0 fully saturated rings. The first-order chi connectivity index (χ1) is 10.3. The molecule has 3 nitrogen and oxygen atoms in total. The second-order valence-corrected chi connectivity index (χ2v) is 6.53. The molecule has 2 rings (SSSR count). The number of halogens is 1. The number of hydrogen-bond acceptors (Lipinski definition) is 2. The highest BCUT2D eigenvalue weighted by Gasteiger charge is 2.07. The van der Waals surface area contributed by atoms with Crippen molar-refractivity contribution in [2.75, 3.05) is 5.32 Å². The van der Waals surface area contributed by atoms with Crippen LogP contribution in [0.25, 0.3) is 6.08 Å². The van der Waals surface area contributed by atoms with E-state index in [0.717, 1.165) is 5.56 Å². The molecule has 1 heterocycles. The summed E-state index contributed by atoms with van der Waals surface area (Å²) in [4.78, 5) is 16.1. The van der Waals surface area contributed by atoms with Crippen molar-refractivity contribution < 1.29 is 4.79 Å². The Bertz CT molecular complexity index is 668. The summed E-state index contributed by atoms with van der Waals surface area (Å²) in [6, 6.07) is 10.8. The van der Waals surface area contributed by atoms with E-state index in [1.54, 1.807) is 24.3 Å². The van der Waals surface area contributed by atoms with Gasteiger partial charge in [-0.2, -0.15) is 0 Å². The summed E-state index contributed by atoms with van der Waals surface area (Å²) >= 11 is 5.71. The van der Waals surface area contributed by atoms with E-state index in [9.17, 15) is 4.79 Å². The molecular weight excluding hydrogens is 296 g/mol. The summed E-state index contributed by atoms with van der Waals surface area (Å²) < 4.78 is 0. The maximum atomic E-state index is 12.1. The molecule has 1 amide bonds. The Morgan fingerprint density at radius 3 is 2.36 bits per heavy atom. The zero-order valence-electron chi connectivity index (χ0n) is 12.9. The summed E-state index contributed by atoms with van der Waals surface area (Å²) in [6.07, 6.45) is 5.73. The standard InChI is InChI=1S/C18H19ClN2O/c1-18(2,3)11-10-13-4-6-14(7-5-13)17(22)21-15-8-9-16(19)20-12-15/h4-12H,1-3H3,(H,21,22). The third kappa shape index (κ3) is 5.01. The smallest absolute Gasteiger partial charge is 0.255 e. The van der Waals surface area contributed by atoms with Crippen molar-refractivity contribution in [3.05, 3.63) is 65.0 Å². The van der Waals surface area contributed by atoms with Crippen LogP contribution in [0.3, 0.4) is 0 Å². The van der Waals surface area contributed by atoms with Crippen LogP contribution in [0.5, 0.6) is 0 Å². The zero-order chi connectivity index (χ0) is 16.2. The summed E-state index contributed by atoms with van der Waals surface area (Å²) in [5.74, 6) is -0.171. The predicted molar refractivity (Wildman–Crippen MR) is 92.1 cm³/mol. The van der Waals surface area contributed by atoms with Crippen molar-refractivity contribution >= 4 is 29.3 Å². The fourth-order valence-electron chi connectivity index (χ4n) is 1.74. The molecule has 0 unspecified atom stereocenters. The Morgan fingerprint density at radius 1 is 1.14 bits per heavy atom. The average molecular weight is 315 g/mol. The number of anilines is 1.